The summed E-state index contributed by atoms with van der Waals surface area (Å²) in [4.78, 5) is 6.91. The van der Waals surface area contributed by atoms with Gasteiger partial charge in [-0.15, -0.1) is 24.0 Å². The molecule has 2 fully saturated rings. The largest absolute Gasteiger partial charge is 0.382 e. The maximum absolute atomic E-state index is 9.56. The number of nitrogens with two attached hydrogens (primary N) is 1. The number of nitrogen functional groups attached to an aromatic ring is 1. The van der Waals surface area contributed by atoms with E-state index in [1.807, 2.05) is 37.4 Å². The van der Waals surface area contributed by atoms with Gasteiger partial charge in [0.15, 0.2) is 5.96 Å². The van der Waals surface area contributed by atoms with Crippen molar-refractivity contribution < 1.29 is 0 Å². The molecular weight excluding hydrogens is 501 g/mol. The molecule has 1 aliphatic carbocycles. The molecule has 3 N–H and O–H groups in total. The van der Waals surface area contributed by atoms with Crippen molar-refractivity contribution in [3.63, 3.8) is 0 Å². The van der Waals surface area contributed by atoms with E-state index in [1.54, 1.807) is 4.68 Å². The maximum Gasteiger partial charge on any atom is 0.193 e. The number of aliphatic imine (C=N–C) groups is 1. The van der Waals surface area contributed by atoms with Gasteiger partial charge in [-0.2, -0.15) is 10.4 Å². The molecule has 0 unspecified atom stereocenters. The van der Waals surface area contributed by atoms with Crippen LogP contribution >= 0.6 is 24.0 Å². The minimum absolute atomic E-state index is 0. The zero-order chi connectivity index (χ0) is 21.0. The van der Waals surface area contributed by atoms with E-state index in [0.717, 1.165) is 43.4 Å². The Balaban J connectivity index is 0.00000272. The fraction of sp³-hybridized carbons (Fsp3) is 0.522. The average Bonchev–Trinajstić information content (AvgIpc) is 3.49. The number of aryl methyl sites for hydroxylation is 1. The fourth-order valence-electron chi connectivity index (χ4n) is 4.98. The highest BCUT2D eigenvalue weighted by molar-refractivity contribution is 14.0. The number of rotatable bonds is 5. The fourth-order valence-corrected chi connectivity index (χ4v) is 4.98. The summed E-state index contributed by atoms with van der Waals surface area (Å²) in [7, 11) is 1.86. The molecule has 1 saturated carbocycles. The van der Waals surface area contributed by atoms with E-state index in [2.05, 4.69) is 26.4 Å². The Bertz CT molecular complexity index is 939. The number of nitrogens with one attached hydrogen (secondary N) is 1. The lowest BCUT2D eigenvalue weighted by Gasteiger charge is -2.25. The number of halogens is 1. The molecule has 0 amide bonds. The number of guanidine groups is 1. The van der Waals surface area contributed by atoms with Crippen molar-refractivity contribution in [2.24, 2.45) is 10.4 Å². The van der Waals surface area contributed by atoms with E-state index in [-0.39, 0.29) is 24.0 Å². The summed E-state index contributed by atoms with van der Waals surface area (Å²) in [5, 5.41) is 17.7. The number of hydrogen-bond donors (Lipinski definition) is 2. The standard InChI is InChI=1S/C23H31N7.HI/c1-26-22(29-15-13-23(17-29)11-5-6-12-23)27-14-7-10-20-19(16-24)21(25)30(28-20)18-8-3-2-4-9-18;/h2-4,8-9H,5-7,10-15,17,25H2,1H3,(H,26,27);1H. The minimum atomic E-state index is 0. The molecule has 2 aliphatic rings. The highest BCUT2D eigenvalue weighted by atomic mass is 127. The van der Waals surface area contributed by atoms with Gasteiger partial charge < -0.3 is 16.0 Å². The summed E-state index contributed by atoms with van der Waals surface area (Å²) in [6.45, 7) is 3.01. The van der Waals surface area contributed by atoms with Crippen LogP contribution in [-0.2, 0) is 6.42 Å². The van der Waals surface area contributed by atoms with Gasteiger partial charge in [-0.25, -0.2) is 4.68 Å². The summed E-state index contributed by atoms with van der Waals surface area (Å²) < 4.78 is 1.66. The summed E-state index contributed by atoms with van der Waals surface area (Å²) in [6.07, 6.45) is 8.32. The topological polar surface area (TPSA) is 95.3 Å². The van der Waals surface area contributed by atoms with Crippen molar-refractivity contribution in [2.45, 2.75) is 44.9 Å². The quantitative estimate of drug-likeness (QED) is 0.265. The first kappa shape index (κ1) is 23.4. The molecule has 1 aromatic heterocycles. The smallest absolute Gasteiger partial charge is 0.193 e. The number of likely N-dealkylation sites (tertiary alicyclic amines) is 1. The molecule has 2 heterocycles. The third-order valence-corrected chi connectivity index (χ3v) is 6.59. The molecule has 0 bridgehead atoms. The normalized spacial score (nSPS) is 17.5. The first-order valence-corrected chi connectivity index (χ1v) is 10.9. The van der Waals surface area contributed by atoms with Crippen LogP contribution in [0.3, 0.4) is 0 Å². The Morgan fingerprint density at radius 3 is 2.68 bits per heavy atom. The SMILES string of the molecule is CN=C(NCCCc1nn(-c2ccccc2)c(N)c1C#N)N1CCC2(CCCC2)C1.I. The molecule has 4 rings (SSSR count). The average molecular weight is 533 g/mol. The first-order valence-electron chi connectivity index (χ1n) is 10.9. The van der Waals surface area contributed by atoms with Crippen LogP contribution in [0.15, 0.2) is 35.3 Å². The molecule has 1 saturated heterocycles. The molecule has 0 radical (unpaired) electrons. The predicted molar refractivity (Wildman–Crippen MR) is 135 cm³/mol. The van der Waals surface area contributed by atoms with Gasteiger partial charge in [0.1, 0.15) is 17.5 Å². The van der Waals surface area contributed by atoms with Crippen molar-refractivity contribution >= 4 is 35.8 Å². The highest BCUT2D eigenvalue weighted by Crippen LogP contribution is 2.45. The third kappa shape index (κ3) is 4.97. The molecule has 2 aromatic rings. The molecule has 1 aliphatic heterocycles. The molecular formula is C23H32IN7. The first-order chi connectivity index (χ1) is 14.7. The van der Waals surface area contributed by atoms with E-state index < -0.39 is 0 Å². The number of benzene rings is 1. The van der Waals surface area contributed by atoms with Crippen molar-refractivity contribution in [2.75, 3.05) is 32.4 Å². The number of para-hydroxylation sites is 1. The van der Waals surface area contributed by atoms with E-state index in [9.17, 15) is 5.26 Å². The van der Waals surface area contributed by atoms with Gasteiger partial charge in [0.2, 0.25) is 0 Å². The molecule has 1 aromatic carbocycles. The van der Waals surface area contributed by atoms with Crippen LogP contribution in [0.2, 0.25) is 0 Å². The zero-order valence-corrected chi connectivity index (χ0v) is 20.5. The van der Waals surface area contributed by atoms with Gasteiger partial charge in [0, 0.05) is 26.7 Å². The van der Waals surface area contributed by atoms with Gasteiger partial charge in [-0.05, 0) is 49.7 Å². The molecule has 0 atom stereocenters. The summed E-state index contributed by atoms with van der Waals surface area (Å²) in [5.74, 6) is 1.40. The van der Waals surface area contributed by atoms with Crippen molar-refractivity contribution in [1.29, 1.82) is 5.26 Å². The highest BCUT2D eigenvalue weighted by Gasteiger charge is 2.41. The number of nitriles is 1. The number of hydrogen-bond acceptors (Lipinski definition) is 4. The van der Waals surface area contributed by atoms with Crippen LogP contribution in [-0.4, -0.2) is 47.3 Å². The Kier molecular flexibility index (Phi) is 7.81. The Morgan fingerprint density at radius 1 is 1.26 bits per heavy atom. The molecule has 1 spiro atoms. The van der Waals surface area contributed by atoms with Crippen LogP contribution in [0.25, 0.3) is 5.69 Å². The number of nitrogens with zero attached hydrogens (tertiary/aromatic N) is 5. The Hall–Kier alpha value is -2.28. The van der Waals surface area contributed by atoms with E-state index in [1.165, 1.54) is 32.1 Å². The third-order valence-electron chi connectivity index (χ3n) is 6.59. The second-order valence-electron chi connectivity index (χ2n) is 8.52. The lowest BCUT2D eigenvalue weighted by atomic mass is 9.86. The molecule has 31 heavy (non-hydrogen) atoms. The number of aromatic nitrogens is 2. The van der Waals surface area contributed by atoms with Gasteiger partial charge in [-0.3, -0.25) is 4.99 Å². The zero-order valence-electron chi connectivity index (χ0n) is 18.2. The van der Waals surface area contributed by atoms with Gasteiger partial charge >= 0.3 is 0 Å². The summed E-state index contributed by atoms with van der Waals surface area (Å²) in [5.41, 5.74) is 8.82. The molecule has 7 nitrogen and oxygen atoms in total. The van der Waals surface area contributed by atoms with E-state index in [0.29, 0.717) is 23.2 Å². The van der Waals surface area contributed by atoms with Crippen molar-refractivity contribution in [1.82, 2.24) is 20.0 Å². The second-order valence-corrected chi connectivity index (χ2v) is 8.52. The number of anilines is 1. The van der Waals surface area contributed by atoms with E-state index in [4.69, 9.17) is 5.73 Å². The van der Waals surface area contributed by atoms with Gasteiger partial charge in [-0.1, -0.05) is 31.0 Å². The lowest BCUT2D eigenvalue weighted by Crippen LogP contribution is -2.41. The lowest BCUT2D eigenvalue weighted by molar-refractivity contribution is 0.309. The summed E-state index contributed by atoms with van der Waals surface area (Å²) in [6, 6.07) is 11.9. The summed E-state index contributed by atoms with van der Waals surface area (Å²) >= 11 is 0. The Morgan fingerprint density at radius 2 is 2.00 bits per heavy atom. The van der Waals surface area contributed by atoms with Crippen LogP contribution in [0.4, 0.5) is 5.82 Å². The molecule has 8 heteroatoms. The van der Waals surface area contributed by atoms with Crippen molar-refractivity contribution in [3.8, 4) is 11.8 Å². The van der Waals surface area contributed by atoms with Crippen molar-refractivity contribution in [3.05, 3.63) is 41.6 Å². The monoisotopic (exact) mass is 533 g/mol. The van der Waals surface area contributed by atoms with Crippen LogP contribution in [0.1, 0.15) is 49.8 Å². The minimum Gasteiger partial charge on any atom is -0.382 e. The predicted octanol–water partition coefficient (Wildman–Crippen LogP) is 3.72. The molecule has 166 valence electrons. The van der Waals surface area contributed by atoms with Gasteiger partial charge in [0.25, 0.3) is 0 Å². The van der Waals surface area contributed by atoms with E-state index >= 15 is 0 Å². The van der Waals surface area contributed by atoms with Gasteiger partial charge in [0.05, 0.1) is 11.4 Å². The maximum atomic E-state index is 9.56. The van der Waals surface area contributed by atoms with Crippen LogP contribution in [0.5, 0.6) is 0 Å². The second kappa shape index (κ2) is 10.4. The van der Waals surface area contributed by atoms with Crippen LogP contribution < -0.4 is 11.1 Å². The Labute approximate surface area is 201 Å². The van der Waals surface area contributed by atoms with Crippen LogP contribution in [0, 0.1) is 16.7 Å².